The van der Waals surface area contributed by atoms with Gasteiger partial charge in [0.05, 0.1) is 5.60 Å². The molecule has 1 fully saturated rings. The lowest BCUT2D eigenvalue weighted by molar-refractivity contribution is 0.152. The molecule has 2 aromatic rings. The van der Waals surface area contributed by atoms with Gasteiger partial charge in [-0.15, -0.1) is 11.3 Å². The molecule has 29 heavy (non-hydrogen) atoms. The number of anilines is 1. The highest BCUT2D eigenvalue weighted by molar-refractivity contribution is 7.92. The fourth-order valence-electron chi connectivity index (χ4n) is 4.46. The van der Waals surface area contributed by atoms with Gasteiger partial charge >= 0.3 is 6.03 Å². The topological polar surface area (TPSA) is 95.5 Å². The van der Waals surface area contributed by atoms with Crippen molar-refractivity contribution in [3.63, 3.8) is 0 Å². The molecule has 2 amide bonds. The number of carbonyl (C=O) groups excluding carboxylic acids is 1. The molecule has 1 aromatic heterocycles. The molecule has 0 aliphatic heterocycles. The number of rotatable bonds is 4. The highest BCUT2D eigenvalue weighted by Gasteiger charge is 2.43. The van der Waals surface area contributed by atoms with Gasteiger partial charge in [-0.1, -0.05) is 0 Å². The fourth-order valence-corrected chi connectivity index (χ4v) is 6.64. The van der Waals surface area contributed by atoms with E-state index in [1.165, 1.54) is 6.07 Å². The Balaban J connectivity index is 1.40. The van der Waals surface area contributed by atoms with Crippen LogP contribution in [0.25, 0.3) is 0 Å². The molecule has 0 saturated heterocycles. The van der Waals surface area contributed by atoms with Gasteiger partial charge in [-0.25, -0.2) is 22.3 Å². The van der Waals surface area contributed by atoms with Crippen LogP contribution in [0.3, 0.4) is 0 Å². The number of carbonyl (C=O) groups is 1. The summed E-state index contributed by atoms with van der Waals surface area (Å²) in [6.07, 6.45) is 5.50. The van der Waals surface area contributed by atoms with E-state index in [1.54, 1.807) is 5.38 Å². The Morgan fingerprint density at radius 3 is 2.24 bits per heavy atom. The third-order valence-corrected chi connectivity index (χ3v) is 8.91. The zero-order valence-electron chi connectivity index (χ0n) is 15.7. The van der Waals surface area contributed by atoms with Crippen molar-refractivity contribution in [2.75, 3.05) is 5.32 Å². The Morgan fingerprint density at radius 2 is 1.66 bits per heavy atom. The first-order chi connectivity index (χ1) is 13.8. The van der Waals surface area contributed by atoms with E-state index < -0.39 is 21.7 Å². The summed E-state index contributed by atoms with van der Waals surface area (Å²) in [6, 6.07) is 0.570. The Hall–Kier alpha value is -1.97. The summed E-state index contributed by atoms with van der Waals surface area (Å²) in [4.78, 5) is 12.6. The second kappa shape index (κ2) is 6.52. The van der Waals surface area contributed by atoms with E-state index in [-0.39, 0.29) is 10.0 Å². The van der Waals surface area contributed by atoms with Crippen LogP contribution in [0.4, 0.5) is 14.9 Å². The van der Waals surface area contributed by atoms with Gasteiger partial charge in [-0.05, 0) is 90.6 Å². The molecule has 0 radical (unpaired) electrons. The number of benzene rings is 1. The van der Waals surface area contributed by atoms with E-state index in [2.05, 4.69) is 10.0 Å². The van der Waals surface area contributed by atoms with Crippen molar-refractivity contribution in [1.82, 2.24) is 4.72 Å². The standard InChI is InChI=1S/C20H21FN2O4S2/c21-17-12-3-1-5-14(12)18(15-6-2-4-13(15)17)22-19(24)23-29(26,27)16-9-11(10-28-16)20(25)7-8-20/h9-10,25H,1-8H2,(H2,22,23,24). The van der Waals surface area contributed by atoms with Crippen LogP contribution in [-0.2, 0) is 41.3 Å². The maximum absolute atomic E-state index is 14.7. The van der Waals surface area contributed by atoms with Crippen LogP contribution in [0.15, 0.2) is 15.7 Å². The first kappa shape index (κ1) is 19.0. The summed E-state index contributed by atoms with van der Waals surface area (Å²) in [5.74, 6) is -0.146. The summed E-state index contributed by atoms with van der Waals surface area (Å²) in [5, 5.41) is 14.5. The van der Waals surface area contributed by atoms with Crippen molar-refractivity contribution in [2.24, 2.45) is 0 Å². The molecular weight excluding hydrogens is 415 g/mol. The number of urea groups is 1. The molecule has 0 atom stereocenters. The van der Waals surface area contributed by atoms with Gasteiger partial charge in [0.25, 0.3) is 10.0 Å². The lowest BCUT2D eigenvalue weighted by Gasteiger charge is -2.17. The number of thiophene rings is 1. The predicted octanol–water partition coefficient (Wildman–Crippen LogP) is 3.36. The third kappa shape index (κ3) is 3.15. The van der Waals surface area contributed by atoms with Crippen molar-refractivity contribution in [1.29, 1.82) is 0 Å². The molecule has 0 spiro atoms. The average molecular weight is 437 g/mol. The number of nitrogens with one attached hydrogen (secondary N) is 2. The molecule has 154 valence electrons. The van der Waals surface area contributed by atoms with Crippen LogP contribution in [0.2, 0.25) is 0 Å². The lowest BCUT2D eigenvalue weighted by atomic mass is 9.98. The second-order valence-corrected chi connectivity index (χ2v) is 10.9. The van der Waals surface area contributed by atoms with Crippen LogP contribution >= 0.6 is 11.3 Å². The molecule has 3 aliphatic carbocycles. The number of fused-ring (bicyclic) bond motifs is 2. The molecule has 0 unspecified atom stereocenters. The Labute approximate surface area is 172 Å². The predicted molar refractivity (Wildman–Crippen MR) is 107 cm³/mol. The van der Waals surface area contributed by atoms with Crippen LogP contribution in [0.5, 0.6) is 0 Å². The average Bonchev–Trinajstić information content (AvgIpc) is 3.17. The van der Waals surface area contributed by atoms with Gasteiger partial charge in [-0.3, -0.25) is 0 Å². The van der Waals surface area contributed by atoms with E-state index >= 15 is 0 Å². The van der Waals surface area contributed by atoms with E-state index in [1.807, 2.05) is 0 Å². The lowest BCUT2D eigenvalue weighted by Crippen LogP contribution is -2.34. The Morgan fingerprint density at radius 1 is 1.07 bits per heavy atom. The van der Waals surface area contributed by atoms with Gasteiger partial charge in [0.2, 0.25) is 0 Å². The minimum atomic E-state index is -4.06. The van der Waals surface area contributed by atoms with Crippen LogP contribution in [0.1, 0.15) is 53.5 Å². The first-order valence-electron chi connectivity index (χ1n) is 9.79. The Bertz CT molecular complexity index is 1100. The first-order valence-corrected chi connectivity index (χ1v) is 12.1. The minimum absolute atomic E-state index is 0.0162. The molecule has 5 rings (SSSR count). The molecular formula is C20H21FN2O4S2. The van der Waals surface area contributed by atoms with Crippen molar-refractivity contribution in [3.8, 4) is 0 Å². The minimum Gasteiger partial charge on any atom is -0.385 e. The molecule has 6 nitrogen and oxygen atoms in total. The Kier molecular flexibility index (Phi) is 4.27. The van der Waals surface area contributed by atoms with Crippen LogP contribution in [0, 0.1) is 5.82 Å². The number of halogens is 1. The molecule has 1 aromatic carbocycles. The normalized spacial score (nSPS) is 19.0. The van der Waals surface area contributed by atoms with Crippen molar-refractivity contribution >= 4 is 33.1 Å². The number of aliphatic hydroxyl groups is 1. The largest absolute Gasteiger partial charge is 0.385 e. The molecule has 9 heteroatoms. The van der Waals surface area contributed by atoms with E-state index in [9.17, 15) is 22.7 Å². The smallest absolute Gasteiger partial charge is 0.333 e. The maximum atomic E-state index is 14.7. The summed E-state index contributed by atoms with van der Waals surface area (Å²) < 4.78 is 42.0. The number of hydrogen-bond acceptors (Lipinski definition) is 5. The van der Waals surface area contributed by atoms with E-state index in [4.69, 9.17) is 0 Å². The van der Waals surface area contributed by atoms with Gasteiger partial charge < -0.3 is 10.4 Å². The quantitative estimate of drug-likeness (QED) is 0.685. The van der Waals surface area contributed by atoms with Crippen molar-refractivity contribution in [3.05, 3.63) is 45.1 Å². The number of sulfonamides is 1. The molecule has 3 N–H and O–H groups in total. The van der Waals surface area contributed by atoms with Crippen molar-refractivity contribution < 1.29 is 22.7 Å². The summed E-state index contributed by atoms with van der Waals surface area (Å²) in [7, 11) is -4.06. The monoisotopic (exact) mass is 436 g/mol. The second-order valence-electron chi connectivity index (χ2n) is 8.06. The van der Waals surface area contributed by atoms with Crippen molar-refractivity contribution in [2.45, 2.75) is 61.2 Å². The number of amides is 2. The summed E-state index contributed by atoms with van der Waals surface area (Å²) in [6.45, 7) is 0. The van der Waals surface area contributed by atoms with E-state index in [0.717, 1.165) is 35.3 Å². The summed E-state index contributed by atoms with van der Waals surface area (Å²) in [5.41, 5.74) is 3.13. The van der Waals surface area contributed by atoms with Gasteiger partial charge in [0.15, 0.2) is 0 Å². The van der Waals surface area contributed by atoms with E-state index in [0.29, 0.717) is 60.9 Å². The zero-order valence-corrected chi connectivity index (χ0v) is 17.3. The molecule has 0 bridgehead atoms. The maximum Gasteiger partial charge on any atom is 0.333 e. The molecule has 1 saturated carbocycles. The van der Waals surface area contributed by atoms with Crippen LogP contribution in [-0.4, -0.2) is 19.6 Å². The van der Waals surface area contributed by atoms with Gasteiger partial charge in [-0.2, -0.15) is 0 Å². The van der Waals surface area contributed by atoms with Crippen LogP contribution < -0.4 is 10.0 Å². The molecule has 3 aliphatic rings. The van der Waals surface area contributed by atoms with Gasteiger partial charge in [0.1, 0.15) is 10.0 Å². The summed E-state index contributed by atoms with van der Waals surface area (Å²) >= 11 is 0.974. The third-order valence-electron chi connectivity index (χ3n) is 6.14. The molecule has 1 heterocycles. The zero-order chi connectivity index (χ0) is 20.4. The highest BCUT2D eigenvalue weighted by atomic mass is 32.2. The SMILES string of the molecule is O=C(Nc1c2c(c(F)c3c1CCC3)CCC2)NS(=O)(=O)c1cc(C2(O)CC2)cs1. The highest BCUT2D eigenvalue weighted by Crippen LogP contribution is 2.47. The fraction of sp³-hybridized carbons (Fsp3) is 0.450. The van der Waals surface area contributed by atoms with Gasteiger partial charge in [0, 0.05) is 5.69 Å². The number of hydrogen-bond donors (Lipinski definition) is 3.